The van der Waals surface area contributed by atoms with Gasteiger partial charge in [0, 0.05) is 19.2 Å². The Labute approximate surface area is 182 Å². The van der Waals surface area contributed by atoms with E-state index in [-0.39, 0.29) is 19.9 Å². The Bertz CT molecular complexity index is 665. The van der Waals surface area contributed by atoms with Gasteiger partial charge in [-0.1, -0.05) is 48.9 Å². The van der Waals surface area contributed by atoms with Crippen molar-refractivity contribution >= 4 is 41.6 Å². The molecule has 0 saturated carbocycles. The SMILES string of the molecule is CCCCOC(=O)CN(CC(=O)O)c1ccc(Br)cc1OCOCC[Si](C)(C)C. The highest BCUT2D eigenvalue weighted by atomic mass is 79.9. The lowest BCUT2D eigenvalue weighted by Crippen LogP contribution is -2.35. The van der Waals surface area contributed by atoms with E-state index in [1.165, 1.54) is 4.90 Å². The van der Waals surface area contributed by atoms with Crippen molar-refractivity contribution in [2.24, 2.45) is 0 Å². The monoisotopic (exact) mass is 489 g/mol. The van der Waals surface area contributed by atoms with Crippen LogP contribution in [0.3, 0.4) is 0 Å². The maximum Gasteiger partial charge on any atom is 0.325 e. The molecule has 0 atom stereocenters. The molecule has 0 aromatic heterocycles. The fraction of sp³-hybridized carbons (Fsp3) is 0.600. The summed E-state index contributed by atoms with van der Waals surface area (Å²) in [6.45, 7) is 9.28. The van der Waals surface area contributed by atoms with Crippen molar-refractivity contribution in [1.82, 2.24) is 0 Å². The number of benzene rings is 1. The Morgan fingerprint density at radius 1 is 1.17 bits per heavy atom. The normalized spacial score (nSPS) is 11.2. The van der Waals surface area contributed by atoms with Crippen LogP contribution < -0.4 is 9.64 Å². The second-order valence-electron chi connectivity index (χ2n) is 7.92. The zero-order valence-corrected chi connectivity index (χ0v) is 20.3. The Morgan fingerprint density at radius 2 is 1.90 bits per heavy atom. The third kappa shape index (κ3) is 11.2. The van der Waals surface area contributed by atoms with Crippen molar-refractivity contribution in [3.63, 3.8) is 0 Å². The number of carboxylic acids is 1. The summed E-state index contributed by atoms with van der Waals surface area (Å²) in [5.74, 6) is -1.08. The van der Waals surface area contributed by atoms with Gasteiger partial charge in [0.2, 0.25) is 0 Å². The number of hydrogen-bond acceptors (Lipinski definition) is 6. The fourth-order valence-electron chi connectivity index (χ4n) is 2.33. The molecule has 0 amide bonds. The van der Waals surface area contributed by atoms with Gasteiger partial charge in [-0.15, -0.1) is 0 Å². The zero-order chi connectivity index (χ0) is 21.9. The molecule has 0 spiro atoms. The average molecular weight is 490 g/mol. The number of rotatable bonds is 14. The van der Waals surface area contributed by atoms with Crippen LogP contribution in [0.1, 0.15) is 19.8 Å². The molecule has 0 aliphatic rings. The Kier molecular flexibility index (Phi) is 11.3. The summed E-state index contributed by atoms with van der Waals surface area (Å²) in [5, 5.41) is 9.28. The lowest BCUT2D eigenvalue weighted by atomic mass is 10.2. The van der Waals surface area contributed by atoms with E-state index in [1.807, 2.05) is 6.92 Å². The summed E-state index contributed by atoms with van der Waals surface area (Å²) in [5.41, 5.74) is 0.497. The van der Waals surface area contributed by atoms with Gasteiger partial charge in [-0.2, -0.15) is 0 Å². The quantitative estimate of drug-likeness (QED) is 0.179. The molecule has 7 nitrogen and oxygen atoms in total. The Balaban J connectivity index is 2.83. The smallest absolute Gasteiger partial charge is 0.325 e. The van der Waals surface area contributed by atoms with E-state index in [0.717, 1.165) is 23.4 Å². The number of hydrogen-bond donors (Lipinski definition) is 1. The number of halogens is 1. The van der Waals surface area contributed by atoms with Gasteiger partial charge >= 0.3 is 11.9 Å². The maximum atomic E-state index is 12.1. The number of esters is 1. The van der Waals surface area contributed by atoms with Crippen LogP contribution in [0.15, 0.2) is 22.7 Å². The number of carboxylic acid groups (broad SMARTS) is 1. The van der Waals surface area contributed by atoms with Gasteiger partial charge in [0.15, 0.2) is 6.79 Å². The molecular formula is C20H32BrNO6Si. The van der Waals surface area contributed by atoms with E-state index in [9.17, 15) is 14.7 Å². The first-order valence-electron chi connectivity index (χ1n) is 9.75. The van der Waals surface area contributed by atoms with Crippen molar-refractivity contribution in [1.29, 1.82) is 0 Å². The lowest BCUT2D eigenvalue weighted by Gasteiger charge is -2.24. The van der Waals surface area contributed by atoms with Gasteiger partial charge in [0.25, 0.3) is 0 Å². The molecule has 0 unspecified atom stereocenters. The Hall–Kier alpha value is -1.58. The predicted molar refractivity (Wildman–Crippen MR) is 119 cm³/mol. The van der Waals surface area contributed by atoms with Crippen LogP contribution in [-0.2, 0) is 19.1 Å². The van der Waals surface area contributed by atoms with Crippen molar-refractivity contribution in [2.45, 2.75) is 45.5 Å². The second kappa shape index (κ2) is 12.9. The Morgan fingerprint density at radius 3 is 2.52 bits per heavy atom. The number of carbonyl (C=O) groups excluding carboxylic acids is 1. The van der Waals surface area contributed by atoms with Gasteiger partial charge < -0.3 is 24.2 Å². The molecule has 0 radical (unpaired) electrons. The topological polar surface area (TPSA) is 85.3 Å². The average Bonchev–Trinajstić information content (AvgIpc) is 2.60. The van der Waals surface area contributed by atoms with Crippen LogP contribution in [-0.4, -0.2) is 58.2 Å². The van der Waals surface area contributed by atoms with Gasteiger partial charge in [0.1, 0.15) is 18.8 Å². The molecule has 0 heterocycles. The highest BCUT2D eigenvalue weighted by molar-refractivity contribution is 9.10. The number of anilines is 1. The number of ether oxygens (including phenoxy) is 3. The van der Waals surface area contributed by atoms with E-state index in [1.54, 1.807) is 18.2 Å². The molecule has 1 N–H and O–H groups in total. The third-order valence-corrected chi connectivity index (χ3v) is 6.16. The van der Waals surface area contributed by atoms with Gasteiger partial charge in [-0.05, 0) is 30.7 Å². The first-order valence-corrected chi connectivity index (χ1v) is 14.2. The minimum atomic E-state index is -1.19. The fourth-order valence-corrected chi connectivity index (χ4v) is 3.43. The van der Waals surface area contributed by atoms with Crippen LogP contribution in [0.2, 0.25) is 25.7 Å². The summed E-state index contributed by atoms with van der Waals surface area (Å²) in [6, 6.07) is 6.24. The minimum Gasteiger partial charge on any atom is -0.480 e. The summed E-state index contributed by atoms with van der Waals surface area (Å²) in [4.78, 5) is 24.9. The van der Waals surface area contributed by atoms with Gasteiger partial charge in [0.05, 0.1) is 12.3 Å². The lowest BCUT2D eigenvalue weighted by molar-refractivity contribution is -0.142. The minimum absolute atomic E-state index is 0.0514. The predicted octanol–water partition coefficient (Wildman–Crippen LogP) is 4.37. The zero-order valence-electron chi connectivity index (χ0n) is 17.7. The largest absolute Gasteiger partial charge is 0.480 e. The van der Waals surface area contributed by atoms with Gasteiger partial charge in [-0.3, -0.25) is 9.59 Å². The van der Waals surface area contributed by atoms with E-state index in [2.05, 4.69) is 35.6 Å². The summed E-state index contributed by atoms with van der Waals surface area (Å²) < 4.78 is 17.3. The van der Waals surface area contributed by atoms with Crippen LogP contribution in [0.5, 0.6) is 5.75 Å². The highest BCUT2D eigenvalue weighted by Crippen LogP contribution is 2.31. The molecular weight excluding hydrogens is 458 g/mol. The van der Waals surface area contributed by atoms with Crippen molar-refractivity contribution in [2.75, 3.05) is 38.0 Å². The van der Waals surface area contributed by atoms with Crippen LogP contribution >= 0.6 is 15.9 Å². The third-order valence-electron chi connectivity index (χ3n) is 3.96. The standard InChI is InChI=1S/C20H32BrNO6Si/c1-5-6-9-27-20(25)14-22(13-19(23)24)17-8-7-16(21)12-18(17)28-15-26-10-11-29(2,3)4/h7-8,12H,5-6,9-11,13-15H2,1-4H3,(H,23,24). The molecule has 9 heteroatoms. The molecule has 1 rings (SSSR count). The van der Waals surface area contributed by atoms with Crippen molar-refractivity contribution in [3.05, 3.63) is 22.7 Å². The molecule has 0 aliphatic heterocycles. The van der Waals surface area contributed by atoms with E-state index in [0.29, 0.717) is 24.7 Å². The molecule has 0 aliphatic carbocycles. The molecule has 0 saturated heterocycles. The van der Waals surface area contributed by atoms with Crippen LogP contribution in [0, 0.1) is 0 Å². The van der Waals surface area contributed by atoms with Crippen LogP contribution in [0.25, 0.3) is 0 Å². The van der Waals surface area contributed by atoms with Gasteiger partial charge in [-0.25, -0.2) is 0 Å². The second-order valence-corrected chi connectivity index (χ2v) is 14.5. The summed E-state index contributed by atoms with van der Waals surface area (Å²) in [6.07, 6.45) is 1.68. The highest BCUT2D eigenvalue weighted by Gasteiger charge is 2.20. The van der Waals surface area contributed by atoms with Crippen molar-refractivity contribution < 1.29 is 28.9 Å². The van der Waals surface area contributed by atoms with E-state index in [4.69, 9.17) is 14.2 Å². The number of nitrogens with zero attached hydrogens (tertiary/aromatic N) is 1. The first-order chi connectivity index (χ1) is 13.6. The van der Waals surface area contributed by atoms with E-state index >= 15 is 0 Å². The summed E-state index contributed by atoms with van der Waals surface area (Å²) >= 11 is 3.40. The number of carbonyl (C=O) groups is 2. The molecule has 29 heavy (non-hydrogen) atoms. The summed E-state index contributed by atoms with van der Waals surface area (Å²) in [7, 11) is -1.19. The molecule has 0 bridgehead atoms. The first kappa shape index (κ1) is 25.5. The maximum absolute atomic E-state index is 12.1. The van der Waals surface area contributed by atoms with Crippen LogP contribution in [0.4, 0.5) is 5.69 Å². The molecule has 1 aromatic carbocycles. The molecule has 0 fully saturated rings. The number of unbranched alkanes of at least 4 members (excludes halogenated alkanes) is 1. The van der Waals surface area contributed by atoms with E-state index < -0.39 is 20.0 Å². The molecule has 164 valence electrons. The number of aliphatic carboxylic acids is 1. The van der Waals surface area contributed by atoms with Crippen molar-refractivity contribution in [3.8, 4) is 5.75 Å². The molecule has 1 aromatic rings.